The number of anilines is 1. The average Bonchev–Trinajstić information content (AvgIpc) is 2.51. The molecule has 4 heteroatoms. The number of hydrogen-bond acceptors (Lipinski definition) is 4. The van der Waals surface area contributed by atoms with Crippen LogP contribution in [0.15, 0.2) is 18.2 Å². The lowest BCUT2D eigenvalue weighted by Crippen LogP contribution is -2.37. The Hall–Kier alpha value is -1.57. The molecule has 0 saturated heterocycles. The normalized spacial score (nSPS) is 10.6. The van der Waals surface area contributed by atoms with Gasteiger partial charge in [0.2, 0.25) is 0 Å². The van der Waals surface area contributed by atoms with E-state index in [1.54, 1.807) is 13.2 Å². The van der Waals surface area contributed by atoms with Gasteiger partial charge in [-0.3, -0.25) is 0 Å². The lowest BCUT2D eigenvalue weighted by molar-refractivity contribution is 0.202. The van der Waals surface area contributed by atoms with Crippen LogP contribution in [0.2, 0.25) is 0 Å². The van der Waals surface area contributed by atoms with E-state index in [4.69, 9.17) is 4.74 Å². The number of methoxy groups -OCH3 is 1. The van der Waals surface area contributed by atoms with E-state index >= 15 is 0 Å². The molecule has 0 radical (unpaired) electrons. The van der Waals surface area contributed by atoms with Crippen molar-refractivity contribution in [2.75, 3.05) is 25.2 Å². The van der Waals surface area contributed by atoms with Gasteiger partial charge in [0.25, 0.3) is 0 Å². The molecule has 0 atom stereocenters. The summed E-state index contributed by atoms with van der Waals surface area (Å²) in [6, 6.07) is 8.19. The molecule has 0 heterocycles. The van der Waals surface area contributed by atoms with Crippen molar-refractivity contribution in [1.29, 1.82) is 5.26 Å². The van der Waals surface area contributed by atoms with Crippen molar-refractivity contribution in [3.05, 3.63) is 29.3 Å². The average molecular weight is 276 g/mol. The van der Waals surface area contributed by atoms with Crippen LogP contribution in [0.5, 0.6) is 0 Å². The largest absolute Gasteiger partial charge is 0.392 e. The van der Waals surface area contributed by atoms with E-state index < -0.39 is 0 Å². The highest BCUT2D eigenvalue weighted by Crippen LogP contribution is 2.25. The van der Waals surface area contributed by atoms with Gasteiger partial charge in [-0.15, -0.1) is 0 Å². The van der Waals surface area contributed by atoms with E-state index in [-0.39, 0.29) is 6.61 Å². The molecule has 0 fully saturated rings. The van der Waals surface area contributed by atoms with E-state index in [2.05, 4.69) is 24.8 Å². The van der Waals surface area contributed by atoms with Crippen molar-refractivity contribution in [2.45, 2.75) is 39.3 Å². The summed E-state index contributed by atoms with van der Waals surface area (Å²) in [5.74, 6) is 0. The molecule has 1 aromatic carbocycles. The minimum absolute atomic E-state index is 0.0436. The molecule has 0 unspecified atom stereocenters. The predicted molar refractivity (Wildman–Crippen MR) is 80.7 cm³/mol. The molecule has 0 aromatic heterocycles. The van der Waals surface area contributed by atoms with Crippen LogP contribution >= 0.6 is 0 Å². The lowest BCUT2D eigenvalue weighted by Gasteiger charge is -2.33. The van der Waals surface area contributed by atoms with Crippen LogP contribution < -0.4 is 4.90 Å². The zero-order valence-electron chi connectivity index (χ0n) is 12.6. The SMILES string of the molecule is CCC(CC)N(CCOC)c1ccc(CO)cc1C#N. The molecular formula is C16H24N2O2. The molecule has 0 bridgehead atoms. The highest BCUT2D eigenvalue weighted by atomic mass is 16.5. The highest BCUT2D eigenvalue weighted by molar-refractivity contribution is 5.61. The van der Waals surface area contributed by atoms with Crippen molar-refractivity contribution in [1.82, 2.24) is 0 Å². The topological polar surface area (TPSA) is 56.5 Å². The molecule has 1 rings (SSSR count). The molecule has 0 aliphatic carbocycles. The Kier molecular flexibility index (Phi) is 7.06. The molecule has 20 heavy (non-hydrogen) atoms. The fourth-order valence-corrected chi connectivity index (χ4v) is 2.44. The Bertz CT molecular complexity index is 450. The standard InChI is InChI=1S/C16H24N2O2/c1-4-15(5-2)18(8-9-20-3)16-7-6-13(12-19)10-14(16)11-17/h6-7,10,15,19H,4-5,8-9,12H2,1-3H3. The van der Waals surface area contributed by atoms with E-state index in [9.17, 15) is 10.4 Å². The molecular weight excluding hydrogens is 252 g/mol. The number of nitriles is 1. The Labute approximate surface area is 121 Å². The van der Waals surface area contributed by atoms with Gasteiger partial charge in [-0.25, -0.2) is 0 Å². The van der Waals surface area contributed by atoms with Crippen LogP contribution in [0, 0.1) is 11.3 Å². The number of rotatable bonds is 8. The van der Waals surface area contributed by atoms with Gasteiger partial charge in [0.1, 0.15) is 6.07 Å². The second kappa shape index (κ2) is 8.57. The summed E-state index contributed by atoms with van der Waals surface area (Å²) < 4.78 is 5.19. The third-order valence-electron chi connectivity index (χ3n) is 3.59. The summed E-state index contributed by atoms with van der Waals surface area (Å²) in [6.45, 7) is 5.65. The Morgan fingerprint density at radius 1 is 1.35 bits per heavy atom. The molecule has 1 aromatic rings. The second-order valence-corrected chi connectivity index (χ2v) is 4.78. The van der Waals surface area contributed by atoms with Crippen molar-refractivity contribution in [3.63, 3.8) is 0 Å². The van der Waals surface area contributed by atoms with Crippen molar-refractivity contribution in [2.24, 2.45) is 0 Å². The second-order valence-electron chi connectivity index (χ2n) is 4.78. The van der Waals surface area contributed by atoms with E-state index in [0.717, 1.165) is 30.6 Å². The van der Waals surface area contributed by atoms with Crippen LogP contribution in [0.4, 0.5) is 5.69 Å². The first kappa shape index (κ1) is 16.5. The number of aliphatic hydroxyl groups excluding tert-OH is 1. The molecule has 4 nitrogen and oxygen atoms in total. The van der Waals surface area contributed by atoms with E-state index in [0.29, 0.717) is 18.2 Å². The fraction of sp³-hybridized carbons (Fsp3) is 0.562. The summed E-state index contributed by atoms with van der Waals surface area (Å²) in [5.41, 5.74) is 2.30. The first-order valence-corrected chi connectivity index (χ1v) is 7.11. The van der Waals surface area contributed by atoms with Crippen molar-refractivity contribution in [3.8, 4) is 6.07 Å². The number of nitrogens with zero attached hydrogens (tertiary/aromatic N) is 2. The summed E-state index contributed by atoms with van der Waals surface area (Å²) in [6.07, 6.45) is 2.04. The maximum absolute atomic E-state index is 9.35. The van der Waals surface area contributed by atoms with Crippen LogP contribution in [-0.4, -0.2) is 31.4 Å². The third kappa shape index (κ3) is 3.96. The zero-order chi connectivity index (χ0) is 15.0. The molecule has 110 valence electrons. The number of benzene rings is 1. The van der Waals surface area contributed by atoms with E-state index in [1.165, 1.54) is 0 Å². The quantitative estimate of drug-likeness (QED) is 0.793. The monoisotopic (exact) mass is 276 g/mol. The third-order valence-corrected chi connectivity index (χ3v) is 3.59. The predicted octanol–water partition coefficient (Wildman–Crippen LogP) is 2.69. The van der Waals surface area contributed by atoms with Crippen LogP contribution in [0.1, 0.15) is 37.8 Å². The zero-order valence-corrected chi connectivity index (χ0v) is 12.6. The van der Waals surface area contributed by atoms with Gasteiger partial charge in [0.05, 0.1) is 24.5 Å². The van der Waals surface area contributed by atoms with E-state index in [1.807, 2.05) is 12.1 Å². The maximum Gasteiger partial charge on any atom is 0.101 e. The summed E-state index contributed by atoms with van der Waals surface area (Å²) in [5, 5.41) is 18.5. The van der Waals surface area contributed by atoms with Gasteiger partial charge >= 0.3 is 0 Å². The molecule has 0 amide bonds. The fourth-order valence-electron chi connectivity index (χ4n) is 2.44. The number of ether oxygens (including phenoxy) is 1. The summed E-state index contributed by atoms with van der Waals surface area (Å²) in [4.78, 5) is 2.24. The van der Waals surface area contributed by atoms with Gasteiger partial charge < -0.3 is 14.7 Å². The van der Waals surface area contributed by atoms with Crippen LogP contribution in [0.3, 0.4) is 0 Å². The van der Waals surface area contributed by atoms with Gasteiger partial charge in [-0.2, -0.15) is 5.26 Å². The van der Waals surface area contributed by atoms with Crippen LogP contribution in [0.25, 0.3) is 0 Å². The molecule has 0 aliphatic heterocycles. The maximum atomic E-state index is 9.35. The minimum Gasteiger partial charge on any atom is -0.392 e. The van der Waals surface area contributed by atoms with Gasteiger partial charge in [0, 0.05) is 19.7 Å². The molecule has 0 spiro atoms. The first-order valence-electron chi connectivity index (χ1n) is 7.11. The highest BCUT2D eigenvalue weighted by Gasteiger charge is 2.18. The lowest BCUT2D eigenvalue weighted by atomic mass is 10.0. The van der Waals surface area contributed by atoms with Gasteiger partial charge in [0.15, 0.2) is 0 Å². The minimum atomic E-state index is -0.0436. The Morgan fingerprint density at radius 3 is 2.55 bits per heavy atom. The van der Waals surface area contributed by atoms with Crippen molar-refractivity contribution < 1.29 is 9.84 Å². The van der Waals surface area contributed by atoms with Crippen molar-refractivity contribution >= 4 is 5.69 Å². The van der Waals surface area contributed by atoms with Crippen LogP contribution in [-0.2, 0) is 11.3 Å². The summed E-state index contributed by atoms with van der Waals surface area (Å²) >= 11 is 0. The number of aliphatic hydroxyl groups is 1. The van der Waals surface area contributed by atoms with Gasteiger partial charge in [-0.05, 0) is 30.5 Å². The Morgan fingerprint density at radius 2 is 2.05 bits per heavy atom. The van der Waals surface area contributed by atoms with Gasteiger partial charge in [-0.1, -0.05) is 19.9 Å². The first-order chi connectivity index (χ1) is 9.71. The smallest absolute Gasteiger partial charge is 0.101 e. The summed E-state index contributed by atoms with van der Waals surface area (Å²) in [7, 11) is 1.69. The number of hydrogen-bond donors (Lipinski definition) is 1. The molecule has 0 saturated carbocycles. The molecule has 1 N–H and O–H groups in total. The molecule has 0 aliphatic rings. The Balaban J connectivity index is 3.15.